The average Bonchev–Trinajstić information content (AvgIpc) is 2.49. The molecule has 0 radical (unpaired) electrons. The van der Waals surface area contributed by atoms with Crippen LogP contribution in [0.15, 0.2) is 54.1 Å². The second-order valence-corrected chi connectivity index (χ2v) is 4.90. The maximum atomic E-state index is 12.2. The Morgan fingerprint density at radius 1 is 1.14 bits per heavy atom. The molecule has 2 rings (SSSR count). The zero-order valence-corrected chi connectivity index (χ0v) is 12.5. The summed E-state index contributed by atoms with van der Waals surface area (Å²) in [7, 11) is 1.59. The van der Waals surface area contributed by atoms with Crippen molar-refractivity contribution >= 4 is 17.7 Å². The minimum Gasteiger partial charge on any atom is -0.495 e. The fourth-order valence-electron chi connectivity index (χ4n) is 1.99. The molecule has 0 aromatic heterocycles. The van der Waals surface area contributed by atoms with E-state index in [9.17, 15) is 4.79 Å². The number of amides is 1. The Morgan fingerprint density at radius 3 is 2.52 bits per heavy atom. The fourth-order valence-corrected chi connectivity index (χ4v) is 1.99. The number of aryl methyl sites for hydroxylation is 1. The lowest BCUT2D eigenvalue weighted by Crippen LogP contribution is -2.13. The highest BCUT2D eigenvalue weighted by atomic mass is 16.5. The number of benzene rings is 2. The van der Waals surface area contributed by atoms with E-state index in [0.29, 0.717) is 17.0 Å². The highest BCUT2D eigenvalue weighted by Gasteiger charge is 2.09. The van der Waals surface area contributed by atoms with Gasteiger partial charge in [-0.2, -0.15) is 0 Å². The molecule has 0 fully saturated rings. The molecule has 108 valence electrons. The molecule has 0 saturated heterocycles. The van der Waals surface area contributed by atoms with Crippen LogP contribution in [0.25, 0.3) is 6.08 Å². The average molecular weight is 281 g/mol. The molecular formula is C18H19NO2. The molecule has 0 aliphatic carbocycles. The summed E-state index contributed by atoms with van der Waals surface area (Å²) in [5.41, 5.74) is 3.40. The van der Waals surface area contributed by atoms with Gasteiger partial charge in [0.15, 0.2) is 0 Å². The summed E-state index contributed by atoms with van der Waals surface area (Å²) in [5.74, 6) is 0.525. The molecule has 0 heterocycles. The maximum Gasteiger partial charge on any atom is 0.251 e. The van der Waals surface area contributed by atoms with Gasteiger partial charge >= 0.3 is 0 Å². The highest BCUT2D eigenvalue weighted by molar-refractivity contribution is 6.06. The number of nitrogens with one attached hydrogen (secondary N) is 1. The number of anilines is 1. The van der Waals surface area contributed by atoms with Crippen LogP contribution in [-0.2, 0) is 4.79 Å². The molecule has 0 aliphatic rings. The Kier molecular flexibility index (Phi) is 4.77. The van der Waals surface area contributed by atoms with Crippen LogP contribution in [0.5, 0.6) is 5.75 Å². The van der Waals surface area contributed by atoms with Gasteiger partial charge in [0.1, 0.15) is 5.75 Å². The molecule has 0 bridgehead atoms. The number of ether oxygens (including phenoxy) is 1. The highest BCUT2D eigenvalue weighted by Crippen LogP contribution is 2.25. The van der Waals surface area contributed by atoms with Crippen LogP contribution in [0.3, 0.4) is 0 Å². The third kappa shape index (κ3) is 3.96. The van der Waals surface area contributed by atoms with Crippen LogP contribution in [0.4, 0.5) is 5.69 Å². The quantitative estimate of drug-likeness (QED) is 0.859. The Hall–Kier alpha value is -2.55. The number of carbonyl (C=O) groups excluding carboxylic acids is 1. The van der Waals surface area contributed by atoms with Gasteiger partial charge in [0.25, 0.3) is 5.91 Å². The van der Waals surface area contributed by atoms with E-state index >= 15 is 0 Å². The molecule has 1 N–H and O–H groups in total. The van der Waals surface area contributed by atoms with E-state index < -0.39 is 0 Å². The third-order valence-corrected chi connectivity index (χ3v) is 3.15. The van der Waals surface area contributed by atoms with Gasteiger partial charge < -0.3 is 10.1 Å². The lowest BCUT2D eigenvalue weighted by Gasteiger charge is -2.11. The Bertz CT molecular complexity index is 660. The normalized spacial score (nSPS) is 11.1. The SMILES string of the molecule is COc1cc(C)ccc1NC(=O)/C(C)=C/c1ccccc1. The molecular weight excluding hydrogens is 262 g/mol. The van der Waals surface area contributed by atoms with Crippen molar-refractivity contribution < 1.29 is 9.53 Å². The van der Waals surface area contributed by atoms with E-state index in [0.717, 1.165) is 11.1 Å². The van der Waals surface area contributed by atoms with Crippen molar-refractivity contribution in [2.45, 2.75) is 13.8 Å². The molecule has 0 unspecified atom stereocenters. The molecule has 0 atom stereocenters. The van der Waals surface area contributed by atoms with Crippen molar-refractivity contribution in [1.29, 1.82) is 0 Å². The molecule has 2 aromatic rings. The van der Waals surface area contributed by atoms with Crippen LogP contribution in [0.1, 0.15) is 18.1 Å². The summed E-state index contributed by atoms with van der Waals surface area (Å²) in [4.78, 5) is 12.2. The lowest BCUT2D eigenvalue weighted by atomic mass is 10.1. The molecule has 2 aromatic carbocycles. The second kappa shape index (κ2) is 6.75. The minimum atomic E-state index is -0.138. The zero-order chi connectivity index (χ0) is 15.2. The summed E-state index contributed by atoms with van der Waals surface area (Å²) >= 11 is 0. The fraction of sp³-hybridized carbons (Fsp3) is 0.167. The van der Waals surface area contributed by atoms with E-state index in [1.54, 1.807) is 14.0 Å². The largest absolute Gasteiger partial charge is 0.495 e. The first-order chi connectivity index (χ1) is 10.1. The van der Waals surface area contributed by atoms with E-state index in [4.69, 9.17) is 4.74 Å². The van der Waals surface area contributed by atoms with Crippen LogP contribution >= 0.6 is 0 Å². The van der Waals surface area contributed by atoms with Crippen LogP contribution in [0, 0.1) is 6.92 Å². The Morgan fingerprint density at radius 2 is 1.86 bits per heavy atom. The van der Waals surface area contributed by atoms with Gasteiger partial charge in [-0.15, -0.1) is 0 Å². The predicted octanol–water partition coefficient (Wildman–Crippen LogP) is 4.05. The van der Waals surface area contributed by atoms with Crippen LogP contribution in [-0.4, -0.2) is 13.0 Å². The van der Waals surface area contributed by atoms with Gasteiger partial charge in [0.05, 0.1) is 12.8 Å². The van der Waals surface area contributed by atoms with Gasteiger partial charge in [-0.25, -0.2) is 0 Å². The summed E-state index contributed by atoms with van der Waals surface area (Å²) in [6.07, 6.45) is 1.86. The zero-order valence-electron chi connectivity index (χ0n) is 12.5. The van der Waals surface area contributed by atoms with Gasteiger partial charge in [-0.05, 0) is 43.2 Å². The van der Waals surface area contributed by atoms with Crippen LogP contribution < -0.4 is 10.1 Å². The topological polar surface area (TPSA) is 38.3 Å². The second-order valence-electron chi connectivity index (χ2n) is 4.90. The molecule has 1 amide bonds. The third-order valence-electron chi connectivity index (χ3n) is 3.15. The predicted molar refractivity (Wildman–Crippen MR) is 86.5 cm³/mol. The number of methoxy groups -OCH3 is 1. The molecule has 0 saturated carbocycles. The first-order valence-corrected chi connectivity index (χ1v) is 6.79. The number of carbonyl (C=O) groups is 1. The standard InChI is InChI=1S/C18H19NO2/c1-13-9-10-16(17(11-13)21-3)19-18(20)14(2)12-15-7-5-4-6-8-15/h4-12H,1-3H3,(H,19,20)/b14-12+. The smallest absolute Gasteiger partial charge is 0.251 e. The molecule has 3 nitrogen and oxygen atoms in total. The number of rotatable bonds is 4. The summed E-state index contributed by atoms with van der Waals surface area (Å²) in [5, 5.41) is 2.88. The molecule has 0 aliphatic heterocycles. The maximum absolute atomic E-state index is 12.2. The molecule has 0 spiro atoms. The van der Waals surface area contributed by atoms with Crippen LogP contribution in [0.2, 0.25) is 0 Å². The number of hydrogen-bond donors (Lipinski definition) is 1. The minimum absolute atomic E-state index is 0.138. The van der Waals surface area contributed by atoms with E-state index in [-0.39, 0.29) is 5.91 Å². The van der Waals surface area contributed by atoms with E-state index in [2.05, 4.69) is 5.32 Å². The van der Waals surface area contributed by atoms with Crippen molar-refractivity contribution in [3.05, 3.63) is 65.2 Å². The summed E-state index contributed by atoms with van der Waals surface area (Å²) < 4.78 is 5.29. The van der Waals surface area contributed by atoms with Crippen molar-refractivity contribution in [2.75, 3.05) is 12.4 Å². The van der Waals surface area contributed by atoms with Gasteiger partial charge in [-0.3, -0.25) is 4.79 Å². The Labute approximate surface area is 125 Å². The summed E-state index contributed by atoms with van der Waals surface area (Å²) in [6.45, 7) is 3.78. The van der Waals surface area contributed by atoms with Crippen molar-refractivity contribution in [2.24, 2.45) is 0 Å². The monoisotopic (exact) mass is 281 g/mol. The van der Waals surface area contributed by atoms with Gasteiger partial charge in [0.2, 0.25) is 0 Å². The van der Waals surface area contributed by atoms with E-state index in [1.807, 2.05) is 61.5 Å². The van der Waals surface area contributed by atoms with Gasteiger partial charge in [-0.1, -0.05) is 36.4 Å². The van der Waals surface area contributed by atoms with Gasteiger partial charge in [0, 0.05) is 5.57 Å². The van der Waals surface area contributed by atoms with E-state index in [1.165, 1.54) is 0 Å². The molecule has 3 heteroatoms. The number of hydrogen-bond acceptors (Lipinski definition) is 2. The van der Waals surface area contributed by atoms with Crippen molar-refractivity contribution in [1.82, 2.24) is 0 Å². The van der Waals surface area contributed by atoms with Crippen molar-refractivity contribution in [3.63, 3.8) is 0 Å². The first kappa shape index (κ1) is 14.9. The Balaban J connectivity index is 2.16. The first-order valence-electron chi connectivity index (χ1n) is 6.79. The van der Waals surface area contributed by atoms with Crippen molar-refractivity contribution in [3.8, 4) is 5.75 Å². The summed E-state index contributed by atoms with van der Waals surface area (Å²) in [6, 6.07) is 15.4. The molecule has 21 heavy (non-hydrogen) atoms. The lowest BCUT2D eigenvalue weighted by molar-refractivity contribution is -0.112.